The van der Waals surface area contributed by atoms with Crippen molar-refractivity contribution in [1.82, 2.24) is 0 Å². The molecular weight excluding hydrogens is 284 g/mol. The van der Waals surface area contributed by atoms with Crippen molar-refractivity contribution in [2.75, 3.05) is 7.11 Å². The molecule has 0 bridgehead atoms. The molecule has 0 saturated carbocycles. The van der Waals surface area contributed by atoms with Gasteiger partial charge in [-0.15, -0.1) is 0 Å². The summed E-state index contributed by atoms with van der Waals surface area (Å²) in [5.41, 5.74) is 0.640. The van der Waals surface area contributed by atoms with Crippen LogP contribution in [0.3, 0.4) is 0 Å². The zero-order valence-electron chi connectivity index (χ0n) is 12.9. The number of ether oxygens (including phenoxy) is 2. The maximum Gasteiger partial charge on any atom is 0.342 e. The Balaban J connectivity index is 2.43. The van der Waals surface area contributed by atoms with E-state index < -0.39 is 12.1 Å². The summed E-state index contributed by atoms with van der Waals surface area (Å²) < 4.78 is 10.5. The number of carbonyl (C=O) groups is 1. The van der Waals surface area contributed by atoms with Crippen LogP contribution < -0.4 is 4.74 Å². The molecule has 2 rings (SSSR count). The molecule has 22 heavy (non-hydrogen) atoms. The second-order valence-electron chi connectivity index (χ2n) is 5.55. The van der Waals surface area contributed by atoms with Crippen molar-refractivity contribution in [3.63, 3.8) is 0 Å². The number of benzene rings is 1. The van der Waals surface area contributed by atoms with Crippen molar-refractivity contribution in [3.8, 4) is 11.5 Å². The summed E-state index contributed by atoms with van der Waals surface area (Å²) in [5, 5.41) is 20.0. The van der Waals surface area contributed by atoms with Crippen molar-refractivity contribution < 1.29 is 24.5 Å². The molecule has 1 aromatic rings. The van der Waals surface area contributed by atoms with Gasteiger partial charge in [-0.1, -0.05) is 12.2 Å². The third kappa shape index (κ3) is 4.01. The molecule has 1 aliphatic heterocycles. The van der Waals surface area contributed by atoms with E-state index in [0.717, 1.165) is 6.42 Å². The smallest absolute Gasteiger partial charge is 0.342 e. The average molecular weight is 306 g/mol. The first-order valence-corrected chi connectivity index (χ1v) is 7.48. The Labute approximate surface area is 130 Å². The van der Waals surface area contributed by atoms with Crippen LogP contribution in [0.4, 0.5) is 0 Å². The number of esters is 1. The lowest BCUT2D eigenvalue weighted by atomic mass is 10.0. The molecule has 0 aliphatic carbocycles. The van der Waals surface area contributed by atoms with Gasteiger partial charge in [0.25, 0.3) is 0 Å². The molecule has 0 radical (unpaired) electrons. The number of methoxy groups -OCH3 is 1. The second-order valence-corrected chi connectivity index (χ2v) is 5.55. The van der Waals surface area contributed by atoms with Crippen LogP contribution in [0.25, 0.3) is 6.08 Å². The van der Waals surface area contributed by atoms with E-state index in [2.05, 4.69) is 0 Å². The fourth-order valence-electron chi connectivity index (χ4n) is 2.51. The number of fused-ring (bicyclic) bond motifs is 1. The Bertz CT molecular complexity index is 564. The Kier molecular flexibility index (Phi) is 5.44. The minimum absolute atomic E-state index is 0.124. The number of aliphatic hydroxyl groups is 1. The van der Waals surface area contributed by atoms with Crippen LogP contribution >= 0.6 is 0 Å². The molecule has 120 valence electrons. The molecule has 1 aromatic carbocycles. The molecule has 5 nitrogen and oxygen atoms in total. The average Bonchev–Trinajstić information content (AvgIpc) is 2.45. The van der Waals surface area contributed by atoms with Gasteiger partial charge < -0.3 is 19.7 Å². The monoisotopic (exact) mass is 306 g/mol. The number of aromatic hydroxyl groups is 1. The minimum atomic E-state index is -0.548. The van der Waals surface area contributed by atoms with Crippen molar-refractivity contribution in [3.05, 3.63) is 29.3 Å². The number of cyclic esters (lactones) is 1. The lowest BCUT2D eigenvalue weighted by molar-refractivity contribution is 0.0308. The SMILES string of the molecule is COc1cc(O)c2c(c1)C=CC[C@@H](O)CCC[C@H](C)OC2=O. The first-order chi connectivity index (χ1) is 10.5. The molecule has 1 heterocycles. The molecule has 2 N–H and O–H groups in total. The van der Waals surface area contributed by atoms with E-state index >= 15 is 0 Å². The van der Waals surface area contributed by atoms with Crippen LogP contribution in [0, 0.1) is 0 Å². The molecule has 0 unspecified atom stereocenters. The Hall–Kier alpha value is -2.01. The molecule has 2 atom stereocenters. The van der Waals surface area contributed by atoms with Gasteiger partial charge in [0, 0.05) is 6.07 Å². The first kappa shape index (κ1) is 16.4. The first-order valence-electron chi connectivity index (χ1n) is 7.48. The fraction of sp³-hybridized carbons (Fsp3) is 0.471. The highest BCUT2D eigenvalue weighted by atomic mass is 16.5. The zero-order valence-corrected chi connectivity index (χ0v) is 12.9. The molecule has 0 saturated heterocycles. The molecule has 0 fully saturated rings. The lowest BCUT2D eigenvalue weighted by Crippen LogP contribution is -2.17. The summed E-state index contributed by atoms with van der Waals surface area (Å²) in [6, 6.07) is 3.05. The van der Waals surface area contributed by atoms with Gasteiger partial charge in [0.2, 0.25) is 0 Å². The summed E-state index contributed by atoms with van der Waals surface area (Å²) in [4.78, 5) is 12.3. The van der Waals surface area contributed by atoms with E-state index in [1.165, 1.54) is 13.2 Å². The summed E-state index contributed by atoms with van der Waals surface area (Å²) in [6.07, 6.45) is 5.45. The lowest BCUT2D eigenvalue weighted by Gasteiger charge is -2.17. The minimum Gasteiger partial charge on any atom is -0.507 e. The van der Waals surface area contributed by atoms with Crippen molar-refractivity contribution in [1.29, 1.82) is 0 Å². The third-order valence-corrected chi connectivity index (χ3v) is 3.72. The van der Waals surface area contributed by atoms with Gasteiger partial charge in [0.05, 0.1) is 19.3 Å². The maximum absolute atomic E-state index is 12.3. The molecule has 5 heteroatoms. The van der Waals surface area contributed by atoms with Crippen molar-refractivity contribution >= 4 is 12.0 Å². The number of hydrogen-bond donors (Lipinski definition) is 2. The highest BCUT2D eigenvalue weighted by molar-refractivity contribution is 5.97. The number of phenols is 1. The van der Waals surface area contributed by atoms with E-state index in [9.17, 15) is 15.0 Å². The standard InChI is InChI=1S/C17H22O5/c1-11-5-3-7-13(18)8-4-6-12-9-14(21-2)10-15(19)16(12)17(20)22-11/h4,6,9-11,13,18-19H,3,5,7-8H2,1-2H3/t11-,13-/m0/s1. The van der Waals surface area contributed by atoms with Crippen molar-refractivity contribution in [2.45, 2.75) is 44.8 Å². The van der Waals surface area contributed by atoms with Crippen molar-refractivity contribution in [2.24, 2.45) is 0 Å². The van der Waals surface area contributed by atoms with Gasteiger partial charge in [0.1, 0.15) is 17.1 Å². The molecule has 0 amide bonds. The van der Waals surface area contributed by atoms with Crippen LogP contribution in [0.1, 0.15) is 48.5 Å². The van der Waals surface area contributed by atoms with E-state index in [-0.39, 0.29) is 17.4 Å². The summed E-state index contributed by atoms with van der Waals surface area (Å²) in [7, 11) is 1.49. The fourth-order valence-corrected chi connectivity index (χ4v) is 2.51. The number of hydrogen-bond acceptors (Lipinski definition) is 5. The molecule has 1 aliphatic rings. The Morgan fingerprint density at radius 2 is 2.09 bits per heavy atom. The van der Waals surface area contributed by atoms with Gasteiger partial charge >= 0.3 is 5.97 Å². The predicted octanol–water partition coefficient (Wildman–Crippen LogP) is 2.89. The summed E-state index contributed by atoms with van der Waals surface area (Å²) in [6.45, 7) is 1.81. The number of phenolic OH excluding ortho intramolecular Hbond substituents is 1. The van der Waals surface area contributed by atoms with Gasteiger partial charge in [-0.2, -0.15) is 0 Å². The van der Waals surface area contributed by atoms with Crippen LogP contribution in [-0.4, -0.2) is 35.5 Å². The third-order valence-electron chi connectivity index (χ3n) is 3.72. The second kappa shape index (κ2) is 7.31. The van der Waals surface area contributed by atoms with Gasteiger partial charge in [-0.05, 0) is 44.2 Å². The summed E-state index contributed by atoms with van der Waals surface area (Å²) >= 11 is 0. The van der Waals surface area contributed by atoms with Crippen LogP contribution in [0.2, 0.25) is 0 Å². The highest BCUT2D eigenvalue weighted by Gasteiger charge is 2.21. The zero-order chi connectivity index (χ0) is 16.1. The largest absolute Gasteiger partial charge is 0.507 e. The molecular formula is C17H22O5. The molecule has 0 spiro atoms. The quantitative estimate of drug-likeness (QED) is 0.780. The van der Waals surface area contributed by atoms with E-state index in [1.807, 2.05) is 6.92 Å². The number of aliphatic hydroxyl groups excluding tert-OH is 1. The maximum atomic E-state index is 12.3. The Morgan fingerprint density at radius 1 is 1.32 bits per heavy atom. The van der Waals surface area contributed by atoms with Gasteiger partial charge in [-0.3, -0.25) is 0 Å². The van der Waals surface area contributed by atoms with Crippen LogP contribution in [-0.2, 0) is 4.74 Å². The van der Waals surface area contributed by atoms with Crippen LogP contribution in [0.15, 0.2) is 18.2 Å². The topological polar surface area (TPSA) is 76.0 Å². The molecule has 0 aromatic heterocycles. The van der Waals surface area contributed by atoms with E-state index in [0.29, 0.717) is 30.6 Å². The van der Waals surface area contributed by atoms with E-state index in [1.54, 1.807) is 18.2 Å². The number of rotatable bonds is 1. The summed E-state index contributed by atoms with van der Waals surface area (Å²) in [5.74, 6) is -0.267. The predicted molar refractivity (Wildman–Crippen MR) is 83.0 cm³/mol. The van der Waals surface area contributed by atoms with Gasteiger partial charge in [0.15, 0.2) is 0 Å². The highest BCUT2D eigenvalue weighted by Crippen LogP contribution is 2.30. The van der Waals surface area contributed by atoms with Gasteiger partial charge in [-0.25, -0.2) is 4.79 Å². The number of carbonyl (C=O) groups excluding carboxylic acids is 1. The van der Waals surface area contributed by atoms with Crippen LogP contribution in [0.5, 0.6) is 11.5 Å². The Morgan fingerprint density at radius 3 is 2.82 bits per heavy atom. The normalized spacial score (nSPS) is 23.0. The van der Waals surface area contributed by atoms with E-state index in [4.69, 9.17) is 9.47 Å².